The molecule has 1 rings (SSSR count). The van der Waals surface area contributed by atoms with E-state index in [1.165, 1.54) is 5.56 Å². The second-order valence-electron chi connectivity index (χ2n) is 4.20. The van der Waals surface area contributed by atoms with Crippen LogP contribution >= 0.6 is 11.6 Å². The zero-order valence-corrected chi connectivity index (χ0v) is 9.90. The summed E-state index contributed by atoms with van der Waals surface area (Å²) in [6.07, 6.45) is 4.22. The van der Waals surface area contributed by atoms with Crippen LogP contribution in [-0.2, 0) is 10.2 Å². The summed E-state index contributed by atoms with van der Waals surface area (Å²) < 4.78 is 0. The molecule has 0 saturated heterocycles. The molecule has 0 atom stereocenters. The molecule has 0 unspecified atom stereocenters. The van der Waals surface area contributed by atoms with Crippen molar-refractivity contribution in [3.05, 3.63) is 24.0 Å². The maximum absolute atomic E-state index is 11.3. The maximum Gasteiger partial charge on any atom is 0.221 e. The number of aromatic nitrogens is 1. The fraction of sp³-hybridized carbons (Fsp3) is 0.545. The molecular weight excluding hydrogens is 212 g/mol. The van der Waals surface area contributed by atoms with E-state index in [2.05, 4.69) is 24.1 Å². The number of amides is 1. The van der Waals surface area contributed by atoms with Crippen LogP contribution in [0.25, 0.3) is 0 Å². The Labute approximate surface area is 95.2 Å². The molecule has 1 aromatic heterocycles. The summed E-state index contributed by atoms with van der Waals surface area (Å²) >= 11 is 5.48. The summed E-state index contributed by atoms with van der Waals surface area (Å²) in [4.78, 5) is 14.3. The van der Waals surface area contributed by atoms with Gasteiger partial charge in [0, 0.05) is 36.7 Å². The highest BCUT2D eigenvalue weighted by Gasteiger charge is 2.21. The average molecular weight is 229 g/mol. The minimum absolute atomic E-state index is 0.00797. The van der Waals surface area contributed by atoms with Gasteiger partial charge in [0.25, 0.3) is 0 Å². The van der Waals surface area contributed by atoms with E-state index in [1.807, 2.05) is 18.5 Å². The molecule has 0 aromatic carbocycles. The summed E-state index contributed by atoms with van der Waals surface area (Å²) in [6, 6.07) is 2.02. The van der Waals surface area contributed by atoms with Gasteiger partial charge in [-0.05, 0) is 11.6 Å². The second-order valence-corrected chi connectivity index (χ2v) is 4.58. The average Bonchev–Trinajstić information content (AvgIpc) is 2.69. The Morgan fingerprint density at radius 1 is 1.60 bits per heavy atom. The van der Waals surface area contributed by atoms with Gasteiger partial charge in [-0.2, -0.15) is 0 Å². The molecule has 1 heterocycles. The Hall–Kier alpha value is -0.960. The van der Waals surface area contributed by atoms with Gasteiger partial charge in [-0.25, -0.2) is 0 Å². The van der Waals surface area contributed by atoms with Crippen LogP contribution in [0.2, 0.25) is 0 Å². The first-order valence-corrected chi connectivity index (χ1v) is 5.55. The number of alkyl halides is 1. The number of carbonyl (C=O) groups excluding carboxylic acids is 1. The van der Waals surface area contributed by atoms with Gasteiger partial charge in [0.1, 0.15) is 0 Å². The van der Waals surface area contributed by atoms with E-state index in [-0.39, 0.29) is 11.3 Å². The summed E-state index contributed by atoms with van der Waals surface area (Å²) in [5.41, 5.74) is 1.13. The SMILES string of the molecule is CC(C)(CNC(=O)CCCl)c1cc[nH]c1. The van der Waals surface area contributed by atoms with Crippen molar-refractivity contribution < 1.29 is 4.79 Å². The summed E-state index contributed by atoms with van der Waals surface area (Å²) in [5, 5.41) is 2.87. The molecule has 3 nitrogen and oxygen atoms in total. The van der Waals surface area contributed by atoms with Crippen LogP contribution in [0.3, 0.4) is 0 Å². The minimum atomic E-state index is -0.0536. The van der Waals surface area contributed by atoms with E-state index in [4.69, 9.17) is 11.6 Å². The smallest absolute Gasteiger partial charge is 0.221 e. The van der Waals surface area contributed by atoms with Crippen LogP contribution in [0, 0.1) is 0 Å². The van der Waals surface area contributed by atoms with E-state index in [9.17, 15) is 4.79 Å². The third kappa shape index (κ3) is 3.59. The largest absolute Gasteiger partial charge is 0.367 e. The van der Waals surface area contributed by atoms with Gasteiger partial charge in [-0.1, -0.05) is 13.8 Å². The molecular formula is C11H17ClN2O. The normalized spacial score (nSPS) is 11.4. The molecule has 0 spiro atoms. The van der Waals surface area contributed by atoms with Crippen LogP contribution < -0.4 is 5.32 Å². The lowest BCUT2D eigenvalue weighted by molar-refractivity contribution is -0.120. The molecule has 0 radical (unpaired) electrons. The van der Waals surface area contributed by atoms with Gasteiger partial charge in [0.15, 0.2) is 0 Å². The highest BCUT2D eigenvalue weighted by molar-refractivity contribution is 6.18. The highest BCUT2D eigenvalue weighted by Crippen LogP contribution is 2.21. The number of hydrogen-bond acceptors (Lipinski definition) is 1. The van der Waals surface area contributed by atoms with Crippen LogP contribution in [0.5, 0.6) is 0 Å². The van der Waals surface area contributed by atoms with Crippen molar-refractivity contribution in [2.24, 2.45) is 0 Å². The van der Waals surface area contributed by atoms with Crippen LogP contribution in [-0.4, -0.2) is 23.3 Å². The third-order valence-electron chi connectivity index (χ3n) is 2.43. The summed E-state index contributed by atoms with van der Waals surface area (Å²) in [5.74, 6) is 0.379. The Balaban J connectivity index is 2.47. The van der Waals surface area contributed by atoms with Crippen molar-refractivity contribution in [3.8, 4) is 0 Å². The Kier molecular flexibility index (Phi) is 4.21. The van der Waals surface area contributed by atoms with Crippen molar-refractivity contribution in [1.29, 1.82) is 0 Å². The molecule has 1 amide bonds. The van der Waals surface area contributed by atoms with Crippen LogP contribution in [0.4, 0.5) is 0 Å². The van der Waals surface area contributed by atoms with Gasteiger partial charge < -0.3 is 10.3 Å². The molecule has 15 heavy (non-hydrogen) atoms. The van der Waals surface area contributed by atoms with Crippen molar-refractivity contribution in [1.82, 2.24) is 10.3 Å². The number of nitrogens with one attached hydrogen (secondary N) is 2. The number of halogens is 1. The topological polar surface area (TPSA) is 44.9 Å². The first-order valence-electron chi connectivity index (χ1n) is 5.02. The van der Waals surface area contributed by atoms with Crippen molar-refractivity contribution in [2.45, 2.75) is 25.7 Å². The van der Waals surface area contributed by atoms with E-state index in [0.717, 1.165) is 0 Å². The Morgan fingerprint density at radius 2 is 2.33 bits per heavy atom. The molecule has 0 bridgehead atoms. The van der Waals surface area contributed by atoms with Gasteiger partial charge in [-0.3, -0.25) is 4.79 Å². The fourth-order valence-electron chi connectivity index (χ4n) is 1.34. The lowest BCUT2D eigenvalue weighted by atomic mass is 9.86. The third-order valence-corrected chi connectivity index (χ3v) is 2.62. The minimum Gasteiger partial charge on any atom is -0.367 e. The quantitative estimate of drug-likeness (QED) is 0.745. The number of hydrogen-bond donors (Lipinski definition) is 2. The number of carbonyl (C=O) groups is 1. The van der Waals surface area contributed by atoms with Gasteiger partial charge in [0.2, 0.25) is 5.91 Å². The molecule has 4 heteroatoms. The molecule has 0 aliphatic heterocycles. The number of aromatic amines is 1. The predicted molar refractivity (Wildman–Crippen MR) is 62.2 cm³/mol. The molecule has 0 aliphatic carbocycles. The van der Waals surface area contributed by atoms with E-state index in [0.29, 0.717) is 18.8 Å². The molecule has 0 aliphatic rings. The van der Waals surface area contributed by atoms with Crippen molar-refractivity contribution in [3.63, 3.8) is 0 Å². The number of H-pyrrole nitrogens is 1. The Morgan fingerprint density at radius 3 is 2.87 bits per heavy atom. The zero-order valence-electron chi connectivity index (χ0n) is 9.14. The van der Waals surface area contributed by atoms with Gasteiger partial charge >= 0.3 is 0 Å². The van der Waals surface area contributed by atoms with Crippen molar-refractivity contribution >= 4 is 17.5 Å². The predicted octanol–water partition coefficient (Wildman–Crippen LogP) is 2.04. The van der Waals surface area contributed by atoms with E-state index in [1.54, 1.807) is 0 Å². The summed E-state index contributed by atoms with van der Waals surface area (Å²) in [6.45, 7) is 4.81. The maximum atomic E-state index is 11.3. The molecule has 0 saturated carbocycles. The van der Waals surface area contributed by atoms with Crippen LogP contribution in [0.1, 0.15) is 25.8 Å². The highest BCUT2D eigenvalue weighted by atomic mass is 35.5. The molecule has 1 aromatic rings. The molecule has 2 N–H and O–H groups in total. The van der Waals surface area contributed by atoms with Gasteiger partial charge in [-0.15, -0.1) is 11.6 Å². The number of rotatable bonds is 5. The monoisotopic (exact) mass is 228 g/mol. The van der Waals surface area contributed by atoms with Gasteiger partial charge in [0.05, 0.1) is 0 Å². The lowest BCUT2D eigenvalue weighted by Gasteiger charge is -2.24. The van der Waals surface area contributed by atoms with Crippen LogP contribution in [0.15, 0.2) is 18.5 Å². The second kappa shape index (κ2) is 5.21. The Bertz CT molecular complexity index is 306. The lowest BCUT2D eigenvalue weighted by Crippen LogP contribution is -2.36. The molecule has 84 valence electrons. The zero-order chi connectivity index (χ0) is 11.3. The standard InChI is InChI=1S/C11H17ClN2O/c1-11(2,9-4-6-13-7-9)8-14-10(15)3-5-12/h4,6-7,13H,3,5,8H2,1-2H3,(H,14,15). The van der Waals surface area contributed by atoms with Crippen molar-refractivity contribution in [2.75, 3.05) is 12.4 Å². The van der Waals surface area contributed by atoms with E-state index >= 15 is 0 Å². The first kappa shape index (κ1) is 12.1. The van der Waals surface area contributed by atoms with E-state index < -0.39 is 0 Å². The first-order chi connectivity index (χ1) is 7.06. The summed E-state index contributed by atoms with van der Waals surface area (Å²) in [7, 11) is 0. The molecule has 0 fully saturated rings. The fourth-order valence-corrected chi connectivity index (χ4v) is 1.51.